The third kappa shape index (κ3) is 4.06. The second-order valence-electron chi connectivity index (χ2n) is 8.76. The predicted octanol–water partition coefficient (Wildman–Crippen LogP) is 2.95. The highest BCUT2D eigenvalue weighted by molar-refractivity contribution is 9.10. The highest BCUT2D eigenvalue weighted by atomic mass is 79.9. The van der Waals surface area contributed by atoms with Gasteiger partial charge in [0.05, 0.1) is 17.1 Å². The number of piperidine rings is 1. The molecule has 0 unspecified atom stereocenters. The Kier molecular flexibility index (Phi) is 5.74. The molecule has 2 aliphatic rings. The van der Waals surface area contributed by atoms with Crippen molar-refractivity contribution < 1.29 is 8.42 Å². The second kappa shape index (κ2) is 8.44. The maximum absolute atomic E-state index is 13.1. The molecule has 3 aromatic rings. The molecule has 1 aliphatic carbocycles. The standard InChI is InChI=1S/C22H26BrN7O2S/c1-13-12-30(33(31,32)19-6-4-5-18(23)27-19)10-9-16(13)26-22-24-11-15-7-8-17-21(20(15)28-22)29(3)14(2)25-17/h4-6,11,13,16H,7-10,12H2,1-3H3,(H,24,26,28)/t13-,16+/m1/s1. The lowest BCUT2D eigenvalue weighted by molar-refractivity contribution is 0.260. The van der Waals surface area contributed by atoms with Gasteiger partial charge in [-0.25, -0.2) is 28.4 Å². The van der Waals surface area contributed by atoms with Crippen molar-refractivity contribution in [3.8, 4) is 11.4 Å². The normalized spacial score (nSPS) is 20.8. The summed E-state index contributed by atoms with van der Waals surface area (Å²) < 4.78 is 30.2. The van der Waals surface area contributed by atoms with Gasteiger partial charge in [0.25, 0.3) is 10.0 Å². The van der Waals surface area contributed by atoms with Gasteiger partial charge in [-0.3, -0.25) is 0 Å². The Morgan fingerprint density at radius 1 is 1.18 bits per heavy atom. The maximum Gasteiger partial charge on any atom is 0.260 e. The summed E-state index contributed by atoms with van der Waals surface area (Å²) in [6, 6.07) is 5.00. The van der Waals surface area contributed by atoms with Crippen LogP contribution in [0.3, 0.4) is 0 Å². The molecule has 0 radical (unpaired) electrons. The number of hydrogen-bond donors (Lipinski definition) is 1. The molecule has 0 saturated carbocycles. The first kappa shape index (κ1) is 22.4. The minimum atomic E-state index is -3.64. The molecule has 1 N–H and O–H groups in total. The van der Waals surface area contributed by atoms with Crippen molar-refractivity contribution in [1.29, 1.82) is 0 Å². The fourth-order valence-electron chi connectivity index (χ4n) is 4.64. The lowest BCUT2D eigenvalue weighted by Gasteiger charge is -2.36. The minimum Gasteiger partial charge on any atom is -0.351 e. The summed E-state index contributed by atoms with van der Waals surface area (Å²) in [7, 11) is -1.62. The maximum atomic E-state index is 13.1. The van der Waals surface area contributed by atoms with Gasteiger partial charge in [0.1, 0.15) is 10.4 Å². The van der Waals surface area contributed by atoms with E-state index in [1.165, 1.54) is 10.4 Å². The number of rotatable bonds is 4. The number of pyridine rings is 1. The van der Waals surface area contributed by atoms with Crippen molar-refractivity contribution >= 4 is 31.9 Å². The molecule has 33 heavy (non-hydrogen) atoms. The fraction of sp³-hybridized carbons (Fsp3) is 0.455. The summed E-state index contributed by atoms with van der Waals surface area (Å²) in [5.41, 5.74) is 4.21. The molecule has 174 valence electrons. The highest BCUT2D eigenvalue weighted by Crippen LogP contribution is 2.33. The SMILES string of the molecule is Cc1nc2c(n1C)-c1nc(N[C@H]3CCN(S(=O)(=O)c4cccc(Br)n4)C[C@H]3C)ncc1CC2. The molecular weight excluding hydrogens is 506 g/mol. The third-order valence-electron chi connectivity index (χ3n) is 6.59. The molecule has 9 nitrogen and oxygen atoms in total. The molecule has 1 saturated heterocycles. The Labute approximate surface area is 201 Å². The fourth-order valence-corrected chi connectivity index (χ4v) is 6.60. The molecule has 2 atom stereocenters. The van der Waals surface area contributed by atoms with Crippen LogP contribution >= 0.6 is 15.9 Å². The number of imidazole rings is 1. The van der Waals surface area contributed by atoms with Crippen molar-refractivity contribution in [2.24, 2.45) is 13.0 Å². The quantitative estimate of drug-likeness (QED) is 0.515. The van der Waals surface area contributed by atoms with Gasteiger partial charge in [-0.15, -0.1) is 0 Å². The zero-order chi connectivity index (χ0) is 23.3. The van der Waals surface area contributed by atoms with Crippen molar-refractivity contribution in [3.05, 3.63) is 46.1 Å². The Balaban J connectivity index is 1.33. The number of aromatic nitrogens is 5. The van der Waals surface area contributed by atoms with E-state index in [2.05, 4.69) is 47.7 Å². The number of nitrogens with one attached hydrogen (secondary N) is 1. The molecule has 1 aliphatic heterocycles. The van der Waals surface area contributed by atoms with Crippen molar-refractivity contribution in [3.63, 3.8) is 0 Å². The van der Waals surface area contributed by atoms with E-state index in [9.17, 15) is 8.42 Å². The number of nitrogens with zero attached hydrogens (tertiary/aromatic N) is 6. The molecule has 0 amide bonds. The first-order chi connectivity index (χ1) is 15.7. The Morgan fingerprint density at radius 3 is 2.76 bits per heavy atom. The summed E-state index contributed by atoms with van der Waals surface area (Å²) in [6.45, 7) is 4.87. The molecule has 5 rings (SSSR count). The monoisotopic (exact) mass is 531 g/mol. The lowest BCUT2D eigenvalue weighted by Crippen LogP contribution is -2.47. The largest absolute Gasteiger partial charge is 0.351 e. The average Bonchev–Trinajstić information content (AvgIpc) is 3.09. The molecule has 3 aromatic heterocycles. The Morgan fingerprint density at radius 2 is 2.00 bits per heavy atom. The number of fused-ring (bicyclic) bond motifs is 3. The number of hydrogen-bond acceptors (Lipinski definition) is 7. The van der Waals surface area contributed by atoms with Crippen LogP contribution in [0.1, 0.15) is 30.4 Å². The average molecular weight is 532 g/mol. The van der Waals surface area contributed by atoms with Gasteiger partial charge < -0.3 is 9.88 Å². The smallest absolute Gasteiger partial charge is 0.260 e. The second-order valence-corrected chi connectivity index (χ2v) is 11.5. The van der Waals surface area contributed by atoms with Crippen LogP contribution in [0.4, 0.5) is 5.95 Å². The summed E-state index contributed by atoms with van der Waals surface area (Å²) in [5.74, 6) is 1.63. The summed E-state index contributed by atoms with van der Waals surface area (Å²) in [6.07, 6.45) is 4.34. The molecule has 0 aromatic carbocycles. The van der Waals surface area contributed by atoms with Gasteiger partial charge in [-0.1, -0.05) is 13.0 Å². The Hall–Kier alpha value is -2.37. The molecular formula is C22H26BrN7O2S. The van der Waals surface area contributed by atoms with Crippen LogP contribution in [0.5, 0.6) is 0 Å². The molecule has 11 heteroatoms. The van der Waals surface area contributed by atoms with Crippen LogP contribution in [0.2, 0.25) is 0 Å². The van der Waals surface area contributed by atoms with Gasteiger partial charge in [-0.05, 0) is 65.7 Å². The topological polar surface area (TPSA) is 106 Å². The number of anilines is 1. The summed E-state index contributed by atoms with van der Waals surface area (Å²) in [5, 5.41) is 3.53. The number of halogens is 1. The van der Waals surface area contributed by atoms with E-state index in [0.717, 1.165) is 41.3 Å². The molecule has 4 heterocycles. The van der Waals surface area contributed by atoms with Gasteiger partial charge in [0, 0.05) is 32.4 Å². The van der Waals surface area contributed by atoms with Gasteiger partial charge in [0.15, 0.2) is 5.03 Å². The minimum absolute atomic E-state index is 0.0655. The number of aryl methyl sites for hydroxylation is 3. The van der Waals surface area contributed by atoms with E-state index in [4.69, 9.17) is 4.98 Å². The van der Waals surface area contributed by atoms with Gasteiger partial charge in [0.2, 0.25) is 5.95 Å². The van der Waals surface area contributed by atoms with Crippen molar-refractivity contribution in [2.75, 3.05) is 18.4 Å². The van der Waals surface area contributed by atoms with Crippen LogP contribution in [-0.4, -0.2) is 56.4 Å². The van der Waals surface area contributed by atoms with E-state index >= 15 is 0 Å². The van der Waals surface area contributed by atoms with E-state index in [-0.39, 0.29) is 17.0 Å². The van der Waals surface area contributed by atoms with Crippen molar-refractivity contribution in [1.82, 2.24) is 28.8 Å². The van der Waals surface area contributed by atoms with E-state index in [1.807, 2.05) is 20.2 Å². The highest BCUT2D eigenvalue weighted by Gasteiger charge is 2.35. The zero-order valence-corrected chi connectivity index (χ0v) is 21.2. The van der Waals surface area contributed by atoms with Crippen LogP contribution in [0.25, 0.3) is 11.4 Å². The third-order valence-corrected chi connectivity index (χ3v) is 8.80. The molecule has 1 fully saturated rings. The molecule has 0 spiro atoms. The Bertz CT molecular complexity index is 1320. The van der Waals surface area contributed by atoms with E-state index < -0.39 is 10.0 Å². The predicted molar refractivity (Wildman–Crippen MR) is 128 cm³/mol. The first-order valence-electron chi connectivity index (χ1n) is 11.0. The van der Waals surface area contributed by atoms with Crippen LogP contribution in [0, 0.1) is 12.8 Å². The van der Waals surface area contributed by atoms with E-state index in [0.29, 0.717) is 30.1 Å². The summed E-state index contributed by atoms with van der Waals surface area (Å²) >= 11 is 3.26. The van der Waals surface area contributed by atoms with Crippen LogP contribution in [-0.2, 0) is 29.9 Å². The van der Waals surface area contributed by atoms with Gasteiger partial charge in [-0.2, -0.15) is 4.31 Å². The summed E-state index contributed by atoms with van der Waals surface area (Å²) in [4.78, 5) is 18.2. The lowest BCUT2D eigenvalue weighted by atomic mass is 9.95. The van der Waals surface area contributed by atoms with Gasteiger partial charge >= 0.3 is 0 Å². The van der Waals surface area contributed by atoms with Crippen LogP contribution < -0.4 is 5.32 Å². The van der Waals surface area contributed by atoms with E-state index in [1.54, 1.807) is 12.1 Å². The zero-order valence-electron chi connectivity index (χ0n) is 18.8. The molecule has 0 bridgehead atoms. The first-order valence-corrected chi connectivity index (χ1v) is 13.2. The number of sulfonamides is 1. The van der Waals surface area contributed by atoms with Crippen LogP contribution in [0.15, 0.2) is 34.0 Å². The van der Waals surface area contributed by atoms with Crippen molar-refractivity contribution in [2.45, 2.75) is 44.2 Å².